The molecule has 0 saturated carbocycles. The second-order valence-electron chi connectivity index (χ2n) is 6.15. The van der Waals surface area contributed by atoms with Gasteiger partial charge in [0.2, 0.25) is 5.43 Å². The van der Waals surface area contributed by atoms with Crippen molar-refractivity contribution < 1.29 is 23.5 Å². The molecule has 2 heterocycles. The summed E-state index contributed by atoms with van der Waals surface area (Å²) in [6, 6.07) is 6.90. The largest absolute Gasteiger partial charge is 0.462 e. The maximum atomic E-state index is 13.9. The van der Waals surface area contributed by atoms with Crippen LogP contribution in [0.2, 0.25) is 0 Å². The first-order chi connectivity index (χ1) is 14.5. The average molecular weight is 410 g/mol. The third-order valence-corrected chi connectivity index (χ3v) is 4.21. The molecule has 0 spiro atoms. The molecule has 1 aromatic carbocycles. The lowest BCUT2D eigenvalue weighted by Gasteiger charge is -2.16. The van der Waals surface area contributed by atoms with Gasteiger partial charge in [0.05, 0.1) is 18.7 Å². The Morgan fingerprint density at radius 1 is 1.10 bits per heavy atom. The van der Waals surface area contributed by atoms with Gasteiger partial charge in [-0.05, 0) is 55.8 Å². The molecule has 2 aromatic heterocycles. The topological polar surface area (TPSA) is 87.5 Å². The monoisotopic (exact) mass is 410 g/mol. The van der Waals surface area contributed by atoms with Crippen LogP contribution in [-0.4, -0.2) is 34.7 Å². The lowest BCUT2D eigenvalue weighted by atomic mass is 10.1. The number of carbonyl (C=O) groups excluding carboxylic acids is 2. The zero-order valence-corrected chi connectivity index (χ0v) is 16.4. The van der Waals surface area contributed by atoms with Crippen molar-refractivity contribution >= 4 is 34.6 Å². The van der Waals surface area contributed by atoms with Gasteiger partial charge in [-0.15, -0.1) is 0 Å². The minimum Gasteiger partial charge on any atom is -0.462 e. The number of aromatic nitrogens is 2. The zero-order valence-electron chi connectivity index (χ0n) is 16.4. The number of ether oxygens (including phenoxy) is 2. The molecule has 30 heavy (non-hydrogen) atoms. The summed E-state index contributed by atoms with van der Waals surface area (Å²) in [5.41, 5.74) is -0.0982. The van der Waals surface area contributed by atoms with Crippen LogP contribution < -0.4 is 5.43 Å². The molecule has 0 N–H and O–H groups in total. The fourth-order valence-electron chi connectivity index (χ4n) is 2.91. The van der Waals surface area contributed by atoms with Crippen molar-refractivity contribution in [2.45, 2.75) is 13.8 Å². The van der Waals surface area contributed by atoms with Crippen molar-refractivity contribution in [1.82, 2.24) is 9.55 Å². The van der Waals surface area contributed by atoms with E-state index in [1.54, 1.807) is 38.4 Å². The molecule has 3 rings (SSSR count). The van der Waals surface area contributed by atoms with Gasteiger partial charge < -0.3 is 14.0 Å². The van der Waals surface area contributed by atoms with Crippen LogP contribution in [0.1, 0.15) is 29.8 Å². The zero-order chi connectivity index (χ0) is 21.7. The van der Waals surface area contributed by atoms with Gasteiger partial charge in [0.25, 0.3) is 0 Å². The van der Waals surface area contributed by atoms with E-state index in [9.17, 15) is 18.8 Å². The SMILES string of the molecule is CCOC(=O)/C(=C\c1ccncc1)n1cc(C(=O)OCC)c(=O)c2cc(F)ccc21. The van der Waals surface area contributed by atoms with E-state index >= 15 is 0 Å². The van der Waals surface area contributed by atoms with Crippen LogP contribution in [0.3, 0.4) is 0 Å². The molecule has 0 aliphatic heterocycles. The van der Waals surface area contributed by atoms with Gasteiger partial charge in [-0.3, -0.25) is 9.78 Å². The number of benzene rings is 1. The van der Waals surface area contributed by atoms with Crippen molar-refractivity contribution in [2.75, 3.05) is 13.2 Å². The van der Waals surface area contributed by atoms with E-state index in [-0.39, 0.29) is 35.4 Å². The predicted molar refractivity (Wildman–Crippen MR) is 109 cm³/mol. The number of hydrogen-bond acceptors (Lipinski definition) is 6. The van der Waals surface area contributed by atoms with Crippen molar-refractivity contribution in [2.24, 2.45) is 0 Å². The molecule has 0 atom stereocenters. The molecule has 7 nitrogen and oxygen atoms in total. The number of rotatable bonds is 6. The fourth-order valence-corrected chi connectivity index (χ4v) is 2.91. The highest BCUT2D eigenvalue weighted by atomic mass is 19.1. The number of pyridine rings is 2. The molecule has 0 fully saturated rings. The fraction of sp³-hybridized carbons (Fsp3) is 0.182. The Hall–Kier alpha value is -3.81. The van der Waals surface area contributed by atoms with Gasteiger partial charge in [0, 0.05) is 24.0 Å². The van der Waals surface area contributed by atoms with Crippen LogP contribution in [0.15, 0.2) is 53.7 Å². The minimum absolute atomic E-state index is 0.0326. The van der Waals surface area contributed by atoms with E-state index in [1.165, 1.54) is 22.9 Å². The maximum absolute atomic E-state index is 13.9. The molecule has 0 amide bonds. The van der Waals surface area contributed by atoms with E-state index in [0.717, 1.165) is 12.1 Å². The van der Waals surface area contributed by atoms with Gasteiger partial charge in [-0.1, -0.05) is 0 Å². The van der Waals surface area contributed by atoms with Crippen molar-refractivity contribution in [3.63, 3.8) is 0 Å². The summed E-state index contributed by atoms with van der Waals surface area (Å²) in [6.07, 6.45) is 5.85. The van der Waals surface area contributed by atoms with Gasteiger partial charge in [-0.2, -0.15) is 0 Å². The van der Waals surface area contributed by atoms with Crippen LogP contribution in [0.4, 0.5) is 4.39 Å². The van der Waals surface area contributed by atoms with E-state index < -0.39 is 23.2 Å². The smallest absolute Gasteiger partial charge is 0.355 e. The van der Waals surface area contributed by atoms with Crippen LogP contribution in [0.25, 0.3) is 22.7 Å². The summed E-state index contributed by atoms with van der Waals surface area (Å²) in [4.78, 5) is 41.8. The molecule has 0 unspecified atom stereocenters. The second kappa shape index (κ2) is 9.13. The first-order valence-electron chi connectivity index (χ1n) is 9.27. The molecule has 0 aliphatic carbocycles. The summed E-state index contributed by atoms with van der Waals surface area (Å²) >= 11 is 0. The third-order valence-electron chi connectivity index (χ3n) is 4.21. The Balaban J connectivity index is 2.35. The van der Waals surface area contributed by atoms with Gasteiger partial charge in [0.15, 0.2) is 0 Å². The lowest BCUT2D eigenvalue weighted by Crippen LogP contribution is -2.23. The number of hydrogen-bond donors (Lipinski definition) is 0. The van der Waals surface area contributed by atoms with Crippen LogP contribution >= 0.6 is 0 Å². The van der Waals surface area contributed by atoms with Gasteiger partial charge >= 0.3 is 11.9 Å². The Kier molecular flexibility index (Phi) is 6.36. The molecule has 154 valence electrons. The number of nitrogens with zero attached hydrogens (tertiary/aromatic N) is 2. The van der Waals surface area contributed by atoms with Crippen molar-refractivity contribution in [3.8, 4) is 0 Å². The number of esters is 2. The molecule has 0 radical (unpaired) electrons. The molecular formula is C22H19FN2O5. The maximum Gasteiger partial charge on any atom is 0.355 e. The van der Waals surface area contributed by atoms with Crippen LogP contribution in [0, 0.1) is 5.82 Å². The van der Waals surface area contributed by atoms with E-state index in [4.69, 9.17) is 9.47 Å². The highest BCUT2D eigenvalue weighted by Crippen LogP contribution is 2.21. The quantitative estimate of drug-likeness (QED) is 0.458. The van der Waals surface area contributed by atoms with E-state index in [1.807, 2.05) is 0 Å². The van der Waals surface area contributed by atoms with Crippen molar-refractivity contribution in [1.29, 1.82) is 0 Å². The number of fused-ring (bicyclic) bond motifs is 1. The highest BCUT2D eigenvalue weighted by molar-refractivity contribution is 6.17. The molecule has 8 heteroatoms. The Labute approximate surface area is 171 Å². The Morgan fingerprint density at radius 2 is 1.80 bits per heavy atom. The predicted octanol–water partition coefficient (Wildman–Crippen LogP) is 3.27. The molecule has 0 bridgehead atoms. The normalized spacial score (nSPS) is 11.4. The average Bonchev–Trinajstić information content (AvgIpc) is 2.74. The minimum atomic E-state index is -0.866. The summed E-state index contributed by atoms with van der Waals surface area (Å²) in [5, 5.41) is -0.0644. The standard InChI is InChI=1S/C22H19FN2O5/c1-3-29-21(27)17-13-25(18-6-5-15(23)12-16(18)20(17)26)19(22(28)30-4-2)11-14-7-9-24-10-8-14/h5-13H,3-4H2,1-2H3/b19-11+. The van der Waals surface area contributed by atoms with Gasteiger partial charge in [0.1, 0.15) is 17.1 Å². The van der Waals surface area contributed by atoms with Gasteiger partial charge in [-0.25, -0.2) is 14.0 Å². The molecule has 0 aliphatic rings. The second-order valence-corrected chi connectivity index (χ2v) is 6.15. The molecular weight excluding hydrogens is 391 g/mol. The number of halogens is 1. The third kappa shape index (κ3) is 4.27. The first kappa shape index (κ1) is 20.9. The van der Waals surface area contributed by atoms with Crippen LogP contribution in [-0.2, 0) is 14.3 Å². The van der Waals surface area contributed by atoms with E-state index in [0.29, 0.717) is 5.56 Å². The lowest BCUT2D eigenvalue weighted by molar-refractivity contribution is -0.136. The molecule has 0 saturated heterocycles. The Bertz CT molecular complexity index is 1190. The highest BCUT2D eigenvalue weighted by Gasteiger charge is 2.21. The first-order valence-corrected chi connectivity index (χ1v) is 9.27. The number of carbonyl (C=O) groups is 2. The van der Waals surface area contributed by atoms with E-state index in [2.05, 4.69) is 4.98 Å². The summed E-state index contributed by atoms with van der Waals surface area (Å²) in [7, 11) is 0. The molecule has 3 aromatic rings. The Morgan fingerprint density at radius 3 is 2.47 bits per heavy atom. The van der Waals surface area contributed by atoms with Crippen LogP contribution in [0.5, 0.6) is 0 Å². The summed E-state index contributed by atoms with van der Waals surface area (Å²) in [6.45, 7) is 3.43. The summed E-state index contributed by atoms with van der Waals surface area (Å²) < 4.78 is 25.3. The van der Waals surface area contributed by atoms with Crippen molar-refractivity contribution in [3.05, 3.63) is 76.1 Å². The summed E-state index contributed by atoms with van der Waals surface area (Å²) in [5.74, 6) is -2.20.